The highest BCUT2D eigenvalue weighted by Crippen LogP contribution is 2.21. The first kappa shape index (κ1) is 12.1. The lowest BCUT2D eigenvalue weighted by Gasteiger charge is -2.23. The minimum absolute atomic E-state index is 0.0800. The summed E-state index contributed by atoms with van der Waals surface area (Å²) in [5.41, 5.74) is 8.43. The number of aromatic nitrogens is 1. The number of methoxy groups -OCH3 is 1. The predicted octanol–water partition coefficient (Wildman–Crippen LogP) is 2.20. The zero-order valence-electron chi connectivity index (χ0n) is 9.73. The summed E-state index contributed by atoms with van der Waals surface area (Å²) in [5, 5.41) is 0. The molecule has 1 rings (SSSR count). The summed E-state index contributed by atoms with van der Waals surface area (Å²) < 4.78 is 5.41. The van der Waals surface area contributed by atoms with E-state index in [4.69, 9.17) is 10.5 Å². The highest BCUT2D eigenvalue weighted by Gasteiger charge is 2.19. The zero-order chi connectivity index (χ0) is 11.3. The fourth-order valence-corrected chi connectivity index (χ4v) is 1.75. The van der Waals surface area contributed by atoms with E-state index < -0.39 is 0 Å². The number of aryl methyl sites for hydroxylation is 1. The molecule has 0 aliphatic heterocycles. The maximum absolute atomic E-state index is 6.17. The van der Waals surface area contributed by atoms with Crippen molar-refractivity contribution < 1.29 is 4.74 Å². The summed E-state index contributed by atoms with van der Waals surface area (Å²) in [5.74, 6) is 0. The topological polar surface area (TPSA) is 48.1 Å². The van der Waals surface area contributed by atoms with Crippen LogP contribution in [-0.4, -0.2) is 18.2 Å². The van der Waals surface area contributed by atoms with E-state index in [9.17, 15) is 0 Å². The molecule has 3 heteroatoms. The Labute approximate surface area is 91.7 Å². The molecule has 0 bridgehead atoms. The number of ether oxygens (including phenoxy) is 1. The fraction of sp³-hybridized carbons (Fsp3) is 0.583. The molecule has 1 aromatic heterocycles. The monoisotopic (exact) mass is 208 g/mol. The summed E-state index contributed by atoms with van der Waals surface area (Å²) in [6.07, 6.45) is 5.75. The first-order valence-corrected chi connectivity index (χ1v) is 5.39. The Balaban J connectivity index is 2.82. The molecule has 1 heterocycles. The Morgan fingerprint density at radius 1 is 1.53 bits per heavy atom. The molecule has 2 N–H and O–H groups in total. The Bertz CT molecular complexity index is 301. The van der Waals surface area contributed by atoms with Crippen LogP contribution in [0.1, 0.15) is 36.9 Å². The van der Waals surface area contributed by atoms with Gasteiger partial charge in [-0.25, -0.2) is 0 Å². The van der Waals surface area contributed by atoms with Gasteiger partial charge in [0.25, 0.3) is 0 Å². The van der Waals surface area contributed by atoms with E-state index in [0.29, 0.717) is 0 Å². The Hall–Kier alpha value is -0.930. The minimum Gasteiger partial charge on any atom is -0.379 e. The average Bonchev–Trinajstić information content (AvgIpc) is 2.25. The molecule has 2 unspecified atom stereocenters. The SMILES string of the molecule is CCCC(OC)C(N)c1cnccc1C. The van der Waals surface area contributed by atoms with Gasteiger partial charge in [-0.05, 0) is 30.5 Å². The Kier molecular flexibility index (Phi) is 4.72. The number of pyridine rings is 1. The van der Waals surface area contributed by atoms with Crippen LogP contribution in [0.15, 0.2) is 18.5 Å². The van der Waals surface area contributed by atoms with Gasteiger partial charge in [0, 0.05) is 19.5 Å². The lowest BCUT2D eigenvalue weighted by atomic mass is 9.97. The predicted molar refractivity (Wildman–Crippen MR) is 61.6 cm³/mol. The highest BCUT2D eigenvalue weighted by molar-refractivity contribution is 5.25. The molecule has 0 fully saturated rings. The molecule has 15 heavy (non-hydrogen) atoms. The van der Waals surface area contributed by atoms with Crippen molar-refractivity contribution in [2.24, 2.45) is 5.73 Å². The van der Waals surface area contributed by atoms with E-state index in [0.717, 1.165) is 18.4 Å². The molecule has 0 saturated carbocycles. The third-order valence-electron chi connectivity index (χ3n) is 2.72. The van der Waals surface area contributed by atoms with E-state index in [1.807, 2.05) is 12.3 Å². The number of nitrogens with zero attached hydrogens (tertiary/aromatic N) is 1. The number of nitrogens with two attached hydrogens (primary N) is 1. The van der Waals surface area contributed by atoms with E-state index in [1.165, 1.54) is 5.56 Å². The van der Waals surface area contributed by atoms with Crippen LogP contribution in [0.4, 0.5) is 0 Å². The molecule has 0 aromatic carbocycles. The number of hydrogen-bond acceptors (Lipinski definition) is 3. The normalized spacial score (nSPS) is 14.9. The third-order valence-corrected chi connectivity index (χ3v) is 2.72. The van der Waals surface area contributed by atoms with Crippen LogP contribution in [0.5, 0.6) is 0 Å². The van der Waals surface area contributed by atoms with Crippen LogP contribution >= 0.6 is 0 Å². The van der Waals surface area contributed by atoms with Gasteiger partial charge in [0.15, 0.2) is 0 Å². The van der Waals surface area contributed by atoms with Crippen molar-refractivity contribution in [2.75, 3.05) is 7.11 Å². The second kappa shape index (κ2) is 5.83. The van der Waals surface area contributed by atoms with Crippen molar-refractivity contribution in [3.8, 4) is 0 Å². The van der Waals surface area contributed by atoms with Crippen molar-refractivity contribution in [3.05, 3.63) is 29.6 Å². The van der Waals surface area contributed by atoms with Crippen LogP contribution in [-0.2, 0) is 4.74 Å². The maximum atomic E-state index is 6.17. The van der Waals surface area contributed by atoms with E-state index >= 15 is 0 Å². The molecule has 0 spiro atoms. The zero-order valence-corrected chi connectivity index (χ0v) is 9.73. The number of rotatable bonds is 5. The molecular formula is C12H20N2O. The quantitative estimate of drug-likeness (QED) is 0.807. The standard InChI is InChI=1S/C12H20N2O/c1-4-5-11(15-3)12(13)10-8-14-7-6-9(10)2/h6-8,11-12H,4-5,13H2,1-3H3. The first-order chi connectivity index (χ1) is 7.20. The highest BCUT2D eigenvalue weighted by atomic mass is 16.5. The number of hydrogen-bond donors (Lipinski definition) is 1. The second-order valence-electron chi connectivity index (χ2n) is 3.82. The second-order valence-corrected chi connectivity index (χ2v) is 3.82. The van der Waals surface area contributed by atoms with Crippen LogP contribution < -0.4 is 5.73 Å². The molecule has 0 amide bonds. The molecule has 2 atom stereocenters. The Morgan fingerprint density at radius 2 is 2.27 bits per heavy atom. The molecule has 1 aromatic rings. The summed E-state index contributed by atoms with van der Waals surface area (Å²) in [4.78, 5) is 4.11. The van der Waals surface area contributed by atoms with E-state index in [-0.39, 0.29) is 12.1 Å². The molecule has 3 nitrogen and oxygen atoms in total. The van der Waals surface area contributed by atoms with Crippen molar-refractivity contribution in [1.29, 1.82) is 0 Å². The van der Waals surface area contributed by atoms with Crippen molar-refractivity contribution >= 4 is 0 Å². The lowest BCUT2D eigenvalue weighted by molar-refractivity contribution is 0.0722. The summed E-state index contributed by atoms with van der Waals surface area (Å²) in [6, 6.07) is 1.90. The molecule has 0 radical (unpaired) electrons. The average molecular weight is 208 g/mol. The molecule has 0 saturated heterocycles. The summed E-state index contributed by atoms with van der Waals surface area (Å²) in [6.45, 7) is 4.18. The molecular weight excluding hydrogens is 188 g/mol. The van der Waals surface area contributed by atoms with Crippen molar-refractivity contribution in [1.82, 2.24) is 4.98 Å². The molecule has 84 valence electrons. The molecule has 0 aliphatic carbocycles. The van der Waals surface area contributed by atoms with Crippen LogP contribution in [0.2, 0.25) is 0 Å². The lowest BCUT2D eigenvalue weighted by Crippen LogP contribution is -2.28. The van der Waals surface area contributed by atoms with Gasteiger partial charge in [-0.1, -0.05) is 13.3 Å². The largest absolute Gasteiger partial charge is 0.379 e. The van der Waals surface area contributed by atoms with Gasteiger partial charge in [-0.3, -0.25) is 4.98 Å². The van der Waals surface area contributed by atoms with Crippen LogP contribution in [0.25, 0.3) is 0 Å². The van der Waals surface area contributed by atoms with Gasteiger partial charge in [-0.15, -0.1) is 0 Å². The van der Waals surface area contributed by atoms with Gasteiger partial charge >= 0.3 is 0 Å². The van der Waals surface area contributed by atoms with Gasteiger partial charge in [0.2, 0.25) is 0 Å². The van der Waals surface area contributed by atoms with Gasteiger partial charge in [0.05, 0.1) is 12.1 Å². The van der Waals surface area contributed by atoms with Crippen molar-refractivity contribution in [3.63, 3.8) is 0 Å². The maximum Gasteiger partial charge on any atom is 0.0764 e. The minimum atomic E-state index is -0.0800. The fourth-order valence-electron chi connectivity index (χ4n) is 1.75. The van der Waals surface area contributed by atoms with E-state index in [2.05, 4.69) is 18.8 Å². The summed E-state index contributed by atoms with van der Waals surface area (Å²) in [7, 11) is 1.71. The van der Waals surface area contributed by atoms with Crippen LogP contribution in [0, 0.1) is 6.92 Å². The third kappa shape index (κ3) is 3.01. The first-order valence-electron chi connectivity index (χ1n) is 5.39. The Morgan fingerprint density at radius 3 is 2.80 bits per heavy atom. The van der Waals surface area contributed by atoms with Gasteiger partial charge < -0.3 is 10.5 Å². The molecule has 0 aliphatic rings. The van der Waals surface area contributed by atoms with E-state index in [1.54, 1.807) is 13.3 Å². The van der Waals surface area contributed by atoms with Crippen molar-refractivity contribution in [2.45, 2.75) is 38.8 Å². The van der Waals surface area contributed by atoms with Gasteiger partial charge in [0.1, 0.15) is 0 Å². The van der Waals surface area contributed by atoms with Gasteiger partial charge in [-0.2, -0.15) is 0 Å². The van der Waals surface area contributed by atoms with Crippen LogP contribution in [0.3, 0.4) is 0 Å². The summed E-state index contributed by atoms with van der Waals surface area (Å²) >= 11 is 0. The smallest absolute Gasteiger partial charge is 0.0764 e.